The van der Waals surface area contributed by atoms with Gasteiger partial charge in [0.05, 0.1) is 12.1 Å². The Balaban J connectivity index is 3.02. The van der Waals surface area contributed by atoms with Crippen molar-refractivity contribution < 1.29 is 0 Å². The second-order valence-corrected chi connectivity index (χ2v) is 3.69. The van der Waals surface area contributed by atoms with Crippen LogP contribution in [0.25, 0.3) is 0 Å². The van der Waals surface area contributed by atoms with E-state index in [9.17, 15) is 0 Å². The van der Waals surface area contributed by atoms with E-state index >= 15 is 0 Å². The SMILES string of the molecule is Cc1cc(CCl)ccc1N(CC#N)CC#N. The summed E-state index contributed by atoms with van der Waals surface area (Å²) in [6.45, 7) is 2.39. The number of aryl methyl sites for hydroxylation is 1. The minimum atomic E-state index is 0.217. The molecule has 0 aliphatic carbocycles. The first-order chi connectivity index (χ1) is 7.72. The summed E-state index contributed by atoms with van der Waals surface area (Å²) < 4.78 is 0. The summed E-state index contributed by atoms with van der Waals surface area (Å²) in [5.41, 5.74) is 2.98. The van der Waals surface area contributed by atoms with Crippen LogP contribution in [0.1, 0.15) is 11.1 Å². The zero-order valence-electron chi connectivity index (χ0n) is 9.07. The van der Waals surface area contributed by atoms with Gasteiger partial charge in [-0.3, -0.25) is 0 Å². The van der Waals surface area contributed by atoms with Crippen LogP contribution >= 0.6 is 11.6 Å². The maximum absolute atomic E-state index is 8.69. The molecule has 0 radical (unpaired) electrons. The van der Waals surface area contributed by atoms with Crippen LogP contribution in [0.15, 0.2) is 18.2 Å². The van der Waals surface area contributed by atoms with Crippen LogP contribution in [0.2, 0.25) is 0 Å². The minimum Gasteiger partial charge on any atom is -0.345 e. The van der Waals surface area contributed by atoms with E-state index in [4.69, 9.17) is 22.1 Å². The summed E-state index contributed by atoms with van der Waals surface area (Å²) in [5.74, 6) is 0.470. The Morgan fingerprint density at radius 1 is 1.25 bits per heavy atom. The van der Waals surface area contributed by atoms with Gasteiger partial charge in [0.2, 0.25) is 0 Å². The molecule has 82 valence electrons. The predicted molar refractivity (Wildman–Crippen MR) is 64.2 cm³/mol. The molecule has 16 heavy (non-hydrogen) atoms. The fraction of sp³-hybridized carbons (Fsp3) is 0.333. The average Bonchev–Trinajstić information content (AvgIpc) is 2.29. The molecule has 1 rings (SSSR count). The molecule has 0 saturated carbocycles. The number of benzene rings is 1. The number of nitriles is 2. The number of anilines is 1. The Bertz CT molecular complexity index is 427. The standard InChI is InChI=1S/C12H12ClN3/c1-10-8-11(9-13)2-3-12(10)16(6-4-14)7-5-15/h2-3,8H,6-7,9H2,1H3. The van der Waals surface area contributed by atoms with Gasteiger partial charge in [-0.2, -0.15) is 10.5 Å². The first-order valence-corrected chi connectivity index (χ1v) is 5.40. The largest absolute Gasteiger partial charge is 0.345 e. The van der Waals surface area contributed by atoms with E-state index < -0.39 is 0 Å². The van der Waals surface area contributed by atoms with E-state index in [0.29, 0.717) is 5.88 Å². The number of rotatable bonds is 4. The zero-order chi connectivity index (χ0) is 12.0. The zero-order valence-corrected chi connectivity index (χ0v) is 9.83. The fourth-order valence-corrected chi connectivity index (χ4v) is 1.72. The van der Waals surface area contributed by atoms with Gasteiger partial charge in [-0.05, 0) is 24.1 Å². The van der Waals surface area contributed by atoms with Gasteiger partial charge in [0.1, 0.15) is 13.1 Å². The third kappa shape index (κ3) is 2.89. The van der Waals surface area contributed by atoms with Crippen molar-refractivity contribution in [2.24, 2.45) is 0 Å². The second kappa shape index (κ2) is 6.00. The molecule has 0 unspecified atom stereocenters. The highest BCUT2D eigenvalue weighted by Crippen LogP contribution is 2.21. The highest BCUT2D eigenvalue weighted by atomic mass is 35.5. The second-order valence-electron chi connectivity index (χ2n) is 3.43. The van der Waals surface area contributed by atoms with Crippen LogP contribution < -0.4 is 4.90 Å². The molecule has 0 aromatic heterocycles. The number of alkyl halides is 1. The molecule has 0 fully saturated rings. The summed E-state index contributed by atoms with van der Waals surface area (Å²) >= 11 is 5.73. The minimum absolute atomic E-state index is 0.217. The number of halogens is 1. The maximum atomic E-state index is 8.69. The van der Waals surface area contributed by atoms with Gasteiger partial charge < -0.3 is 4.90 Å². The maximum Gasteiger partial charge on any atom is 0.106 e. The van der Waals surface area contributed by atoms with Gasteiger partial charge in [0.15, 0.2) is 0 Å². The molecule has 1 aromatic carbocycles. The number of hydrogen-bond donors (Lipinski definition) is 0. The monoisotopic (exact) mass is 233 g/mol. The van der Waals surface area contributed by atoms with Crippen LogP contribution in [-0.4, -0.2) is 13.1 Å². The van der Waals surface area contributed by atoms with Crippen LogP contribution in [-0.2, 0) is 5.88 Å². The molecule has 0 saturated heterocycles. The lowest BCUT2D eigenvalue weighted by Crippen LogP contribution is -2.24. The molecule has 0 bridgehead atoms. The normalized spacial score (nSPS) is 9.25. The van der Waals surface area contributed by atoms with E-state index in [1.54, 1.807) is 4.90 Å². The van der Waals surface area contributed by atoms with Gasteiger partial charge in [-0.1, -0.05) is 12.1 Å². The van der Waals surface area contributed by atoms with Crippen molar-refractivity contribution in [3.05, 3.63) is 29.3 Å². The molecular weight excluding hydrogens is 222 g/mol. The van der Waals surface area contributed by atoms with Crippen molar-refractivity contribution >= 4 is 17.3 Å². The van der Waals surface area contributed by atoms with Crippen LogP contribution in [0.4, 0.5) is 5.69 Å². The molecule has 0 aliphatic rings. The smallest absolute Gasteiger partial charge is 0.106 e. The Morgan fingerprint density at radius 3 is 2.31 bits per heavy atom. The molecule has 0 heterocycles. The molecule has 0 aliphatic heterocycles. The summed E-state index contributed by atoms with van der Waals surface area (Å²) in [7, 11) is 0. The van der Waals surface area contributed by atoms with E-state index in [-0.39, 0.29) is 13.1 Å². The van der Waals surface area contributed by atoms with Crippen molar-refractivity contribution in [3.63, 3.8) is 0 Å². The highest BCUT2D eigenvalue weighted by Gasteiger charge is 2.08. The predicted octanol–water partition coefficient (Wildman–Crippen LogP) is 2.59. The summed E-state index contributed by atoms with van der Waals surface area (Å²) in [5, 5.41) is 17.4. The summed E-state index contributed by atoms with van der Waals surface area (Å²) in [6, 6.07) is 9.91. The molecule has 0 atom stereocenters. The van der Waals surface area contributed by atoms with Gasteiger partial charge in [0, 0.05) is 11.6 Å². The molecule has 0 amide bonds. The van der Waals surface area contributed by atoms with Crippen molar-refractivity contribution in [3.8, 4) is 12.1 Å². The van der Waals surface area contributed by atoms with E-state index in [0.717, 1.165) is 16.8 Å². The number of hydrogen-bond acceptors (Lipinski definition) is 3. The first kappa shape index (κ1) is 12.4. The Labute approximate surface area is 100 Å². The number of nitrogens with zero attached hydrogens (tertiary/aromatic N) is 3. The lowest BCUT2D eigenvalue weighted by Gasteiger charge is -2.20. The first-order valence-electron chi connectivity index (χ1n) is 4.87. The molecule has 0 N–H and O–H groups in total. The van der Waals surface area contributed by atoms with E-state index in [2.05, 4.69) is 12.1 Å². The van der Waals surface area contributed by atoms with Crippen molar-refractivity contribution in [1.82, 2.24) is 0 Å². The van der Waals surface area contributed by atoms with E-state index in [1.165, 1.54) is 0 Å². The Hall–Kier alpha value is -1.71. The third-order valence-electron chi connectivity index (χ3n) is 2.28. The van der Waals surface area contributed by atoms with Gasteiger partial charge in [0.25, 0.3) is 0 Å². The van der Waals surface area contributed by atoms with Crippen LogP contribution in [0.3, 0.4) is 0 Å². The molecular formula is C12H12ClN3. The lowest BCUT2D eigenvalue weighted by atomic mass is 10.1. The van der Waals surface area contributed by atoms with Crippen LogP contribution in [0, 0.1) is 29.6 Å². The van der Waals surface area contributed by atoms with Gasteiger partial charge in [-0.25, -0.2) is 0 Å². The van der Waals surface area contributed by atoms with Crippen molar-refractivity contribution in [2.45, 2.75) is 12.8 Å². The molecule has 0 spiro atoms. The van der Waals surface area contributed by atoms with Crippen molar-refractivity contribution in [2.75, 3.05) is 18.0 Å². The van der Waals surface area contributed by atoms with E-state index in [1.807, 2.05) is 25.1 Å². The Kier molecular flexibility index (Phi) is 4.64. The highest BCUT2D eigenvalue weighted by molar-refractivity contribution is 6.17. The lowest BCUT2D eigenvalue weighted by molar-refractivity contribution is 0.958. The molecule has 3 nitrogen and oxygen atoms in total. The van der Waals surface area contributed by atoms with Gasteiger partial charge >= 0.3 is 0 Å². The third-order valence-corrected chi connectivity index (χ3v) is 2.59. The molecule has 4 heteroatoms. The summed E-state index contributed by atoms with van der Waals surface area (Å²) in [4.78, 5) is 1.74. The quantitative estimate of drug-likeness (QED) is 0.593. The Morgan fingerprint density at radius 2 is 1.88 bits per heavy atom. The summed E-state index contributed by atoms with van der Waals surface area (Å²) in [6.07, 6.45) is 0. The van der Waals surface area contributed by atoms with Gasteiger partial charge in [-0.15, -0.1) is 11.6 Å². The topological polar surface area (TPSA) is 50.8 Å². The van der Waals surface area contributed by atoms with Crippen LogP contribution in [0.5, 0.6) is 0 Å². The molecule has 1 aromatic rings. The fourth-order valence-electron chi connectivity index (χ4n) is 1.55. The average molecular weight is 234 g/mol. The van der Waals surface area contributed by atoms with Crippen molar-refractivity contribution in [1.29, 1.82) is 10.5 Å².